The second-order valence-electron chi connectivity index (χ2n) is 5.58. The maximum absolute atomic E-state index is 13.7. The number of allylic oxidation sites excluding steroid dienone is 1. The molecule has 0 amide bonds. The number of ether oxygens (including phenoxy) is 2. The zero-order valence-corrected chi connectivity index (χ0v) is 14.4. The van der Waals surface area contributed by atoms with Gasteiger partial charge in [0.2, 0.25) is 0 Å². The first-order valence-corrected chi connectivity index (χ1v) is 8.47. The number of hydrogen-bond donors (Lipinski definition) is 0. The van der Waals surface area contributed by atoms with Crippen molar-refractivity contribution in [2.45, 2.75) is 26.7 Å². The Balaban J connectivity index is 1.93. The van der Waals surface area contributed by atoms with Gasteiger partial charge in [0, 0.05) is 12.2 Å². The van der Waals surface area contributed by atoms with Crippen molar-refractivity contribution in [3.05, 3.63) is 59.9 Å². The molecule has 0 aromatic heterocycles. The molecule has 24 heavy (non-hydrogen) atoms. The molecule has 0 saturated heterocycles. The van der Waals surface area contributed by atoms with E-state index in [1.165, 1.54) is 6.07 Å². The lowest BCUT2D eigenvalue weighted by Crippen LogP contribution is -2.07. The smallest absolute Gasteiger partial charge is 0.130 e. The van der Waals surface area contributed by atoms with Crippen LogP contribution in [0.25, 0.3) is 17.2 Å². The van der Waals surface area contributed by atoms with Crippen LogP contribution in [0.15, 0.2) is 48.5 Å². The predicted octanol–water partition coefficient (Wildman–Crippen LogP) is 5.72. The molecule has 0 aliphatic rings. The fraction of sp³-hybridized carbons (Fsp3) is 0.333. The predicted molar refractivity (Wildman–Crippen MR) is 97.8 cm³/mol. The monoisotopic (exact) mass is 328 g/mol. The Morgan fingerprint density at radius 3 is 2.42 bits per heavy atom. The minimum Gasteiger partial charge on any atom is -0.491 e. The van der Waals surface area contributed by atoms with Gasteiger partial charge in [-0.15, -0.1) is 0 Å². The average Bonchev–Trinajstić information content (AvgIpc) is 2.61. The molecule has 0 atom stereocenters. The fourth-order valence-electron chi connectivity index (χ4n) is 2.34. The highest BCUT2D eigenvalue weighted by Crippen LogP contribution is 2.25. The lowest BCUT2D eigenvalue weighted by atomic mass is 10.0. The summed E-state index contributed by atoms with van der Waals surface area (Å²) in [5.41, 5.74) is 2.62. The third-order valence-corrected chi connectivity index (χ3v) is 3.67. The van der Waals surface area contributed by atoms with Gasteiger partial charge in [-0.05, 0) is 48.7 Å². The number of hydrogen-bond acceptors (Lipinski definition) is 2. The first-order valence-electron chi connectivity index (χ1n) is 8.47. The molecule has 2 nitrogen and oxygen atoms in total. The Hall–Kier alpha value is -2.13. The Kier molecular flexibility index (Phi) is 7.50. The second kappa shape index (κ2) is 9.89. The summed E-state index contributed by atoms with van der Waals surface area (Å²) < 4.78 is 24.8. The van der Waals surface area contributed by atoms with E-state index in [0.717, 1.165) is 36.3 Å². The van der Waals surface area contributed by atoms with Gasteiger partial charge >= 0.3 is 0 Å². The standard InChI is InChI=1S/C21H25FO2/c1-3-5-13-23-14-15-24-20-10-7-17(8-11-20)18-9-12-21(22)19(16-18)6-4-2/h4,6-12,16H,3,5,13-15H2,1-2H3/b6-4+. The molecule has 0 fully saturated rings. The van der Waals surface area contributed by atoms with Crippen molar-refractivity contribution < 1.29 is 13.9 Å². The van der Waals surface area contributed by atoms with E-state index in [9.17, 15) is 4.39 Å². The Morgan fingerprint density at radius 2 is 1.71 bits per heavy atom. The molecule has 2 rings (SSSR count). The molecule has 0 saturated carbocycles. The summed E-state index contributed by atoms with van der Waals surface area (Å²) in [4.78, 5) is 0. The Morgan fingerprint density at radius 1 is 0.958 bits per heavy atom. The first-order chi connectivity index (χ1) is 11.7. The average molecular weight is 328 g/mol. The van der Waals surface area contributed by atoms with Crippen LogP contribution >= 0.6 is 0 Å². The molecule has 0 radical (unpaired) electrons. The van der Waals surface area contributed by atoms with Crippen LogP contribution in [0, 0.1) is 5.82 Å². The highest BCUT2D eigenvalue weighted by atomic mass is 19.1. The minimum absolute atomic E-state index is 0.208. The highest BCUT2D eigenvalue weighted by molar-refractivity contribution is 5.68. The third-order valence-electron chi connectivity index (χ3n) is 3.67. The second-order valence-corrected chi connectivity index (χ2v) is 5.58. The summed E-state index contributed by atoms with van der Waals surface area (Å²) >= 11 is 0. The maximum Gasteiger partial charge on any atom is 0.130 e. The normalized spacial score (nSPS) is 11.1. The maximum atomic E-state index is 13.7. The summed E-state index contributed by atoms with van der Waals surface area (Å²) in [6, 6.07) is 13.0. The molecule has 2 aromatic carbocycles. The lowest BCUT2D eigenvalue weighted by molar-refractivity contribution is 0.0981. The van der Waals surface area contributed by atoms with Crippen molar-refractivity contribution in [3.8, 4) is 16.9 Å². The molecule has 0 bridgehead atoms. The zero-order chi connectivity index (χ0) is 17.2. The number of benzene rings is 2. The van der Waals surface area contributed by atoms with Gasteiger partial charge < -0.3 is 9.47 Å². The number of unbranched alkanes of at least 4 members (excludes halogenated alkanes) is 1. The van der Waals surface area contributed by atoms with Crippen LogP contribution in [0.4, 0.5) is 4.39 Å². The minimum atomic E-state index is -0.208. The molecule has 3 heteroatoms. The van der Waals surface area contributed by atoms with Crippen molar-refractivity contribution in [1.82, 2.24) is 0 Å². The van der Waals surface area contributed by atoms with Gasteiger partial charge in [-0.3, -0.25) is 0 Å². The Bertz CT molecular complexity index is 647. The van der Waals surface area contributed by atoms with Crippen molar-refractivity contribution in [3.63, 3.8) is 0 Å². The van der Waals surface area contributed by atoms with Crippen LogP contribution in [0.1, 0.15) is 32.3 Å². The molecule has 0 aliphatic heterocycles. The van der Waals surface area contributed by atoms with E-state index in [4.69, 9.17) is 9.47 Å². The van der Waals surface area contributed by atoms with E-state index in [2.05, 4.69) is 6.92 Å². The largest absolute Gasteiger partial charge is 0.491 e. The number of rotatable bonds is 9. The fourth-order valence-corrected chi connectivity index (χ4v) is 2.34. The molecular formula is C21H25FO2. The summed E-state index contributed by atoms with van der Waals surface area (Å²) in [6.45, 7) is 5.96. The van der Waals surface area contributed by atoms with Crippen molar-refractivity contribution >= 4 is 6.08 Å². The summed E-state index contributed by atoms with van der Waals surface area (Å²) in [5.74, 6) is 0.605. The summed E-state index contributed by atoms with van der Waals surface area (Å²) in [5, 5.41) is 0. The van der Waals surface area contributed by atoms with Gasteiger partial charge in [0.15, 0.2) is 0 Å². The van der Waals surface area contributed by atoms with Crippen molar-refractivity contribution in [2.24, 2.45) is 0 Å². The van der Waals surface area contributed by atoms with Crippen LogP contribution in [0.2, 0.25) is 0 Å². The third kappa shape index (κ3) is 5.50. The van der Waals surface area contributed by atoms with Crippen LogP contribution in [-0.2, 0) is 4.74 Å². The molecule has 0 N–H and O–H groups in total. The highest BCUT2D eigenvalue weighted by Gasteiger charge is 2.03. The molecule has 0 aliphatic carbocycles. The zero-order valence-electron chi connectivity index (χ0n) is 14.4. The summed E-state index contributed by atoms with van der Waals surface area (Å²) in [7, 11) is 0. The van der Waals surface area contributed by atoms with Crippen LogP contribution < -0.4 is 4.74 Å². The molecular weight excluding hydrogens is 303 g/mol. The van der Waals surface area contributed by atoms with E-state index >= 15 is 0 Å². The quantitative estimate of drug-likeness (QED) is 0.548. The van der Waals surface area contributed by atoms with Gasteiger partial charge in [-0.2, -0.15) is 0 Å². The topological polar surface area (TPSA) is 18.5 Å². The van der Waals surface area contributed by atoms with E-state index in [1.807, 2.05) is 43.3 Å². The van der Waals surface area contributed by atoms with Gasteiger partial charge in [0.25, 0.3) is 0 Å². The molecule has 128 valence electrons. The molecule has 0 spiro atoms. The van der Waals surface area contributed by atoms with Crippen LogP contribution in [-0.4, -0.2) is 19.8 Å². The van der Waals surface area contributed by atoms with Crippen molar-refractivity contribution in [1.29, 1.82) is 0 Å². The molecule has 0 heterocycles. The van der Waals surface area contributed by atoms with Gasteiger partial charge in [-0.1, -0.05) is 43.7 Å². The van der Waals surface area contributed by atoms with Crippen molar-refractivity contribution in [2.75, 3.05) is 19.8 Å². The van der Waals surface area contributed by atoms with Gasteiger partial charge in [0.05, 0.1) is 6.61 Å². The Labute approximate surface area is 143 Å². The SMILES string of the molecule is C/C=C/c1cc(-c2ccc(OCCOCCCC)cc2)ccc1F. The van der Waals surface area contributed by atoms with E-state index in [-0.39, 0.29) is 5.82 Å². The van der Waals surface area contributed by atoms with E-state index in [1.54, 1.807) is 12.1 Å². The molecule has 2 aromatic rings. The first kappa shape index (κ1) is 18.2. The van der Waals surface area contributed by atoms with Crippen LogP contribution in [0.5, 0.6) is 5.75 Å². The van der Waals surface area contributed by atoms with E-state index in [0.29, 0.717) is 18.8 Å². The van der Waals surface area contributed by atoms with Gasteiger partial charge in [0.1, 0.15) is 18.2 Å². The van der Waals surface area contributed by atoms with E-state index < -0.39 is 0 Å². The van der Waals surface area contributed by atoms with Gasteiger partial charge in [-0.25, -0.2) is 4.39 Å². The van der Waals surface area contributed by atoms with Crippen LogP contribution in [0.3, 0.4) is 0 Å². The summed E-state index contributed by atoms with van der Waals surface area (Å²) in [6.07, 6.45) is 5.83. The number of halogens is 1. The lowest BCUT2D eigenvalue weighted by Gasteiger charge is -2.09. The molecule has 0 unspecified atom stereocenters.